The molecule has 2 heterocycles. The average molecular weight is 518 g/mol. The van der Waals surface area contributed by atoms with E-state index in [0.29, 0.717) is 28.6 Å². The predicted molar refractivity (Wildman–Crippen MR) is 142 cm³/mol. The molecule has 1 aliphatic carbocycles. The fourth-order valence-electron chi connectivity index (χ4n) is 4.15. The van der Waals surface area contributed by atoms with E-state index in [1.54, 1.807) is 57.0 Å². The number of methoxy groups -OCH3 is 2. The number of hydrogen-bond acceptors (Lipinski definition) is 6. The maximum atomic E-state index is 12.7. The fourth-order valence-corrected chi connectivity index (χ4v) is 5.85. The summed E-state index contributed by atoms with van der Waals surface area (Å²) in [6.07, 6.45) is 8.14. The van der Waals surface area contributed by atoms with Gasteiger partial charge in [0.15, 0.2) is 21.3 Å². The van der Waals surface area contributed by atoms with Crippen LogP contribution in [0.15, 0.2) is 71.9 Å². The van der Waals surface area contributed by atoms with Gasteiger partial charge < -0.3 is 19.8 Å². The molecule has 190 valence electrons. The molecule has 37 heavy (non-hydrogen) atoms. The van der Waals surface area contributed by atoms with Crippen LogP contribution in [-0.4, -0.2) is 43.8 Å². The summed E-state index contributed by atoms with van der Waals surface area (Å²) in [5, 5.41) is 3.43. The van der Waals surface area contributed by atoms with Crippen molar-refractivity contribution in [2.24, 2.45) is 0 Å². The number of pyridine rings is 1. The lowest BCUT2D eigenvalue weighted by Gasteiger charge is -2.09. The summed E-state index contributed by atoms with van der Waals surface area (Å²) in [6, 6.07) is 14.4. The maximum Gasteiger partial charge on any atom is 0.244 e. The van der Waals surface area contributed by atoms with Crippen molar-refractivity contribution < 1.29 is 22.7 Å². The Morgan fingerprint density at radius 2 is 1.89 bits per heavy atom. The second-order valence-electron chi connectivity index (χ2n) is 8.88. The van der Waals surface area contributed by atoms with Crippen LogP contribution in [0, 0.1) is 0 Å². The van der Waals surface area contributed by atoms with Crippen molar-refractivity contribution in [3.05, 3.63) is 78.1 Å². The number of rotatable bonds is 9. The van der Waals surface area contributed by atoms with E-state index >= 15 is 0 Å². The molecule has 0 unspecified atom stereocenters. The van der Waals surface area contributed by atoms with Crippen molar-refractivity contribution in [2.75, 3.05) is 14.2 Å². The molecule has 2 aromatic carbocycles. The lowest BCUT2D eigenvalue weighted by molar-refractivity contribution is -0.116. The SMILES string of the molecule is COc1ccc(CNC(=O)/C=C/c2c[nH]c3ncc(-c4cccc(S(=O)(=O)C5CC5)c4)cc23)cc1OC. The molecule has 4 aromatic rings. The van der Waals surface area contributed by atoms with Crippen LogP contribution in [0.1, 0.15) is 24.0 Å². The Bertz CT molecular complexity index is 1600. The first-order chi connectivity index (χ1) is 17.9. The summed E-state index contributed by atoms with van der Waals surface area (Å²) < 4.78 is 35.9. The molecule has 0 atom stereocenters. The molecule has 0 aliphatic heterocycles. The largest absolute Gasteiger partial charge is 0.493 e. The molecule has 0 radical (unpaired) electrons. The van der Waals surface area contributed by atoms with E-state index < -0.39 is 9.84 Å². The highest BCUT2D eigenvalue weighted by Gasteiger charge is 2.36. The number of nitrogens with zero attached hydrogens (tertiary/aromatic N) is 1. The van der Waals surface area contributed by atoms with Crippen LogP contribution < -0.4 is 14.8 Å². The normalized spacial score (nSPS) is 13.7. The van der Waals surface area contributed by atoms with Crippen molar-refractivity contribution in [1.82, 2.24) is 15.3 Å². The molecule has 9 heteroatoms. The fraction of sp³-hybridized carbons (Fsp3) is 0.214. The van der Waals surface area contributed by atoms with E-state index in [0.717, 1.165) is 40.5 Å². The van der Waals surface area contributed by atoms with E-state index in [2.05, 4.69) is 15.3 Å². The van der Waals surface area contributed by atoms with Crippen LogP contribution in [0.25, 0.3) is 28.2 Å². The lowest BCUT2D eigenvalue weighted by atomic mass is 10.1. The third-order valence-corrected chi connectivity index (χ3v) is 8.61. The number of ether oxygens (including phenoxy) is 2. The van der Waals surface area contributed by atoms with Gasteiger partial charge in [-0.25, -0.2) is 13.4 Å². The molecular formula is C28H27N3O5S. The Morgan fingerprint density at radius 1 is 1.08 bits per heavy atom. The minimum absolute atomic E-state index is 0.244. The number of aromatic amines is 1. The van der Waals surface area contributed by atoms with Gasteiger partial charge in [-0.1, -0.05) is 18.2 Å². The number of amides is 1. The number of H-pyrrole nitrogens is 1. The Morgan fingerprint density at radius 3 is 2.65 bits per heavy atom. The predicted octanol–water partition coefficient (Wildman–Crippen LogP) is 4.51. The monoisotopic (exact) mass is 517 g/mol. The summed E-state index contributed by atoms with van der Waals surface area (Å²) in [6.45, 7) is 0.337. The molecule has 8 nitrogen and oxygen atoms in total. The second kappa shape index (κ2) is 10.1. The van der Waals surface area contributed by atoms with Crippen molar-refractivity contribution >= 4 is 32.9 Å². The lowest BCUT2D eigenvalue weighted by Crippen LogP contribution is -2.20. The molecule has 1 aliphatic rings. The van der Waals surface area contributed by atoms with Gasteiger partial charge in [0.25, 0.3) is 0 Å². The van der Waals surface area contributed by atoms with Crippen molar-refractivity contribution in [3.8, 4) is 22.6 Å². The van der Waals surface area contributed by atoms with Crippen molar-refractivity contribution in [1.29, 1.82) is 0 Å². The summed E-state index contributed by atoms with van der Waals surface area (Å²) in [5.74, 6) is 0.981. The van der Waals surface area contributed by atoms with Crippen LogP contribution in [-0.2, 0) is 21.2 Å². The highest BCUT2D eigenvalue weighted by molar-refractivity contribution is 7.92. The van der Waals surface area contributed by atoms with Crippen LogP contribution in [0.5, 0.6) is 11.5 Å². The smallest absolute Gasteiger partial charge is 0.244 e. The maximum absolute atomic E-state index is 12.7. The summed E-state index contributed by atoms with van der Waals surface area (Å²) in [7, 11) is -0.143. The molecule has 5 rings (SSSR count). The Balaban J connectivity index is 1.32. The van der Waals surface area contributed by atoms with E-state index in [4.69, 9.17) is 9.47 Å². The Labute approximate surface area is 215 Å². The number of fused-ring (bicyclic) bond motifs is 1. The Hall–Kier alpha value is -4.11. The van der Waals surface area contributed by atoms with Crippen LogP contribution >= 0.6 is 0 Å². The van der Waals surface area contributed by atoms with Gasteiger partial charge in [0.05, 0.1) is 24.4 Å². The third kappa shape index (κ3) is 5.22. The molecule has 0 spiro atoms. The topological polar surface area (TPSA) is 110 Å². The van der Waals surface area contributed by atoms with Gasteiger partial charge in [0, 0.05) is 41.5 Å². The quantitative estimate of drug-likeness (QED) is 0.316. The van der Waals surface area contributed by atoms with E-state index in [9.17, 15) is 13.2 Å². The van der Waals surface area contributed by atoms with Gasteiger partial charge in [-0.15, -0.1) is 0 Å². The van der Waals surface area contributed by atoms with Gasteiger partial charge in [-0.3, -0.25) is 4.79 Å². The summed E-state index contributed by atoms with van der Waals surface area (Å²) >= 11 is 0. The molecule has 1 amide bonds. The zero-order valence-electron chi connectivity index (χ0n) is 20.5. The van der Waals surface area contributed by atoms with E-state index in [1.165, 1.54) is 6.08 Å². The third-order valence-electron chi connectivity index (χ3n) is 6.35. The van der Waals surface area contributed by atoms with E-state index in [1.807, 2.05) is 24.3 Å². The number of sulfone groups is 1. The van der Waals surface area contributed by atoms with Crippen LogP contribution in [0.3, 0.4) is 0 Å². The molecular weight excluding hydrogens is 490 g/mol. The van der Waals surface area contributed by atoms with Crippen molar-refractivity contribution in [2.45, 2.75) is 29.5 Å². The zero-order chi connectivity index (χ0) is 26.0. The number of nitrogens with one attached hydrogen (secondary N) is 2. The van der Waals surface area contributed by atoms with Gasteiger partial charge in [0.2, 0.25) is 5.91 Å². The first-order valence-electron chi connectivity index (χ1n) is 11.9. The Kier molecular flexibility index (Phi) is 6.71. The van der Waals surface area contributed by atoms with E-state index in [-0.39, 0.29) is 11.2 Å². The molecule has 1 saturated carbocycles. The number of benzene rings is 2. The molecule has 2 N–H and O–H groups in total. The summed E-state index contributed by atoms with van der Waals surface area (Å²) in [4.78, 5) is 20.4. The minimum atomic E-state index is -3.28. The standard InChI is InChI=1S/C28H27N3O5S/c1-35-25-10-6-18(12-26(25)36-2)15-29-27(32)11-7-20-16-30-28-24(20)14-21(17-31-28)19-4-3-5-23(13-19)37(33,34)22-8-9-22/h3-7,10-14,16-17,22H,8-9,15H2,1-2H3,(H,29,32)(H,30,31)/b11-7+. The second-order valence-corrected chi connectivity index (χ2v) is 11.1. The highest BCUT2D eigenvalue weighted by Crippen LogP contribution is 2.35. The number of aromatic nitrogens is 2. The molecule has 2 aromatic heterocycles. The highest BCUT2D eigenvalue weighted by atomic mass is 32.2. The molecule has 0 saturated heterocycles. The number of carbonyl (C=O) groups is 1. The number of hydrogen-bond donors (Lipinski definition) is 2. The number of carbonyl (C=O) groups excluding carboxylic acids is 1. The minimum Gasteiger partial charge on any atom is -0.493 e. The van der Waals surface area contributed by atoms with Gasteiger partial charge in [-0.2, -0.15) is 0 Å². The first kappa shape index (κ1) is 24.6. The van der Waals surface area contributed by atoms with Crippen molar-refractivity contribution in [3.63, 3.8) is 0 Å². The zero-order valence-corrected chi connectivity index (χ0v) is 21.3. The van der Waals surface area contributed by atoms with Crippen LogP contribution in [0.2, 0.25) is 0 Å². The van der Waals surface area contributed by atoms with Gasteiger partial charge >= 0.3 is 0 Å². The first-order valence-corrected chi connectivity index (χ1v) is 13.4. The molecule has 1 fully saturated rings. The summed E-state index contributed by atoms with van der Waals surface area (Å²) in [5.41, 5.74) is 3.93. The average Bonchev–Trinajstić information content (AvgIpc) is 3.72. The molecule has 0 bridgehead atoms. The van der Waals surface area contributed by atoms with Gasteiger partial charge in [0.1, 0.15) is 5.65 Å². The van der Waals surface area contributed by atoms with Gasteiger partial charge in [-0.05, 0) is 60.4 Å². The van der Waals surface area contributed by atoms with Crippen LogP contribution in [0.4, 0.5) is 0 Å².